The van der Waals surface area contributed by atoms with Gasteiger partial charge in [0.25, 0.3) is 0 Å². The first kappa shape index (κ1) is 8.05. The van der Waals surface area contributed by atoms with Gasteiger partial charge in [-0.1, -0.05) is 12.8 Å². The van der Waals surface area contributed by atoms with E-state index >= 15 is 0 Å². The molecular weight excluding hydrogens is 152 g/mol. The summed E-state index contributed by atoms with van der Waals surface area (Å²) in [6.45, 7) is 1.00. The highest BCUT2D eigenvalue weighted by Crippen LogP contribution is 2.44. The van der Waals surface area contributed by atoms with Gasteiger partial charge in [-0.15, -0.1) is 0 Å². The number of amides is 1. The fourth-order valence-electron chi connectivity index (χ4n) is 2.62. The third kappa shape index (κ3) is 1.22. The van der Waals surface area contributed by atoms with Crippen molar-refractivity contribution < 1.29 is 4.79 Å². The largest absolute Gasteiger partial charge is 0.368 e. The van der Waals surface area contributed by atoms with E-state index in [1.807, 2.05) is 0 Å². The predicted octanol–water partition coefficient (Wildman–Crippen LogP) is 0.394. The van der Waals surface area contributed by atoms with Crippen molar-refractivity contribution in [1.29, 1.82) is 0 Å². The van der Waals surface area contributed by atoms with Gasteiger partial charge in [0.2, 0.25) is 5.91 Å². The monoisotopic (exact) mass is 168 g/mol. The zero-order valence-electron chi connectivity index (χ0n) is 7.31. The van der Waals surface area contributed by atoms with Crippen LogP contribution in [0.4, 0.5) is 0 Å². The van der Waals surface area contributed by atoms with Gasteiger partial charge in [0.15, 0.2) is 0 Å². The van der Waals surface area contributed by atoms with Crippen LogP contribution < -0.4 is 11.1 Å². The normalized spacial score (nSPS) is 32.8. The molecule has 1 unspecified atom stereocenters. The lowest BCUT2D eigenvalue weighted by Gasteiger charge is -2.20. The van der Waals surface area contributed by atoms with Crippen LogP contribution in [0.15, 0.2) is 0 Å². The number of carbonyl (C=O) groups is 1. The molecule has 1 heterocycles. The highest BCUT2D eigenvalue weighted by atomic mass is 16.1. The molecule has 0 aromatic rings. The summed E-state index contributed by atoms with van der Waals surface area (Å²) in [6, 6.07) is -0.0527. The molecule has 1 spiro atoms. The van der Waals surface area contributed by atoms with Gasteiger partial charge in [-0.2, -0.15) is 0 Å². The lowest BCUT2D eigenvalue weighted by Crippen LogP contribution is -2.36. The fourth-order valence-corrected chi connectivity index (χ4v) is 2.62. The number of primary amides is 1. The summed E-state index contributed by atoms with van der Waals surface area (Å²) in [6.07, 6.45) is 6.19. The van der Waals surface area contributed by atoms with E-state index in [-0.39, 0.29) is 11.9 Å². The van der Waals surface area contributed by atoms with Crippen molar-refractivity contribution in [2.24, 2.45) is 11.1 Å². The highest BCUT2D eigenvalue weighted by Gasteiger charge is 2.42. The Morgan fingerprint density at radius 3 is 2.58 bits per heavy atom. The summed E-state index contributed by atoms with van der Waals surface area (Å²) in [5.41, 5.74) is 5.68. The number of nitrogens with one attached hydrogen (secondary N) is 1. The third-order valence-corrected chi connectivity index (χ3v) is 3.37. The standard InChI is InChI=1S/C9H16N2O/c10-8(12)7-5-9(6-11-7)3-1-2-4-9/h7,11H,1-6H2,(H2,10,12). The molecule has 3 N–H and O–H groups in total. The fraction of sp³-hybridized carbons (Fsp3) is 0.889. The number of hydrogen-bond acceptors (Lipinski definition) is 2. The van der Waals surface area contributed by atoms with Gasteiger partial charge < -0.3 is 11.1 Å². The summed E-state index contributed by atoms with van der Waals surface area (Å²) >= 11 is 0. The van der Waals surface area contributed by atoms with Crippen molar-refractivity contribution in [3.05, 3.63) is 0 Å². The summed E-state index contributed by atoms with van der Waals surface area (Å²) in [5.74, 6) is -0.182. The molecular formula is C9H16N2O. The molecule has 2 rings (SSSR count). The van der Waals surface area contributed by atoms with Crippen molar-refractivity contribution >= 4 is 5.91 Å². The molecule has 0 radical (unpaired) electrons. The van der Waals surface area contributed by atoms with E-state index in [2.05, 4.69) is 5.32 Å². The number of hydrogen-bond donors (Lipinski definition) is 2. The van der Waals surface area contributed by atoms with Crippen molar-refractivity contribution in [2.45, 2.75) is 38.1 Å². The Morgan fingerprint density at radius 1 is 1.42 bits per heavy atom. The highest BCUT2D eigenvalue weighted by molar-refractivity contribution is 5.80. The minimum atomic E-state index is -0.182. The molecule has 0 bridgehead atoms. The van der Waals surface area contributed by atoms with Crippen LogP contribution in [0.25, 0.3) is 0 Å². The summed E-state index contributed by atoms with van der Waals surface area (Å²) in [7, 11) is 0. The minimum absolute atomic E-state index is 0.0527. The van der Waals surface area contributed by atoms with E-state index < -0.39 is 0 Å². The molecule has 0 aromatic heterocycles. The zero-order chi connectivity index (χ0) is 8.60. The molecule has 1 saturated heterocycles. The van der Waals surface area contributed by atoms with Crippen molar-refractivity contribution in [1.82, 2.24) is 5.32 Å². The Labute approximate surface area is 72.7 Å². The second-order valence-electron chi connectivity index (χ2n) is 4.25. The Balaban J connectivity index is 2.01. The lowest BCUT2D eigenvalue weighted by molar-refractivity contribution is -0.119. The van der Waals surface area contributed by atoms with Crippen LogP contribution in [0.2, 0.25) is 0 Å². The molecule has 3 heteroatoms. The minimum Gasteiger partial charge on any atom is -0.368 e. The van der Waals surface area contributed by atoms with E-state index in [1.54, 1.807) is 0 Å². The molecule has 1 aliphatic carbocycles. The average Bonchev–Trinajstić information content (AvgIpc) is 2.62. The van der Waals surface area contributed by atoms with E-state index in [0.29, 0.717) is 5.41 Å². The van der Waals surface area contributed by atoms with Crippen LogP contribution in [0.3, 0.4) is 0 Å². The molecule has 1 atom stereocenters. The Bertz CT molecular complexity index is 197. The van der Waals surface area contributed by atoms with Crippen LogP contribution >= 0.6 is 0 Å². The molecule has 1 amide bonds. The zero-order valence-corrected chi connectivity index (χ0v) is 7.31. The van der Waals surface area contributed by atoms with E-state index in [0.717, 1.165) is 13.0 Å². The molecule has 2 aliphatic rings. The lowest BCUT2D eigenvalue weighted by atomic mass is 9.84. The van der Waals surface area contributed by atoms with Gasteiger partial charge in [-0.25, -0.2) is 0 Å². The van der Waals surface area contributed by atoms with Crippen LogP contribution in [0, 0.1) is 5.41 Å². The first-order chi connectivity index (χ1) is 5.72. The predicted molar refractivity (Wildman–Crippen MR) is 46.5 cm³/mol. The Hall–Kier alpha value is -0.570. The first-order valence-electron chi connectivity index (χ1n) is 4.75. The molecule has 0 aromatic carbocycles. The maximum absolute atomic E-state index is 10.9. The van der Waals surface area contributed by atoms with Gasteiger partial charge in [-0.05, 0) is 24.7 Å². The number of carbonyl (C=O) groups excluding carboxylic acids is 1. The van der Waals surface area contributed by atoms with Gasteiger partial charge in [-0.3, -0.25) is 4.79 Å². The van der Waals surface area contributed by atoms with Gasteiger partial charge in [0.1, 0.15) is 0 Å². The topological polar surface area (TPSA) is 55.1 Å². The summed E-state index contributed by atoms with van der Waals surface area (Å²) in [4.78, 5) is 10.9. The van der Waals surface area contributed by atoms with E-state index in [1.165, 1.54) is 25.7 Å². The molecule has 1 aliphatic heterocycles. The summed E-state index contributed by atoms with van der Waals surface area (Å²) in [5, 5.41) is 3.21. The third-order valence-electron chi connectivity index (χ3n) is 3.37. The quantitative estimate of drug-likeness (QED) is 0.595. The second kappa shape index (κ2) is 2.73. The summed E-state index contributed by atoms with van der Waals surface area (Å²) < 4.78 is 0. The second-order valence-corrected chi connectivity index (χ2v) is 4.25. The first-order valence-corrected chi connectivity index (χ1v) is 4.75. The molecule has 12 heavy (non-hydrogen) atoms. The maximum Gasteiger partial charge on any atom is 0.234 e. The van der Waals surface area contributed by atoms with Gasteiger partial charge in [0, 0.05) is 6.54 Å². The number of nitrogens with two attached hydrogens (primary N) is 1. The molecule has 68 valence electrons. The van der Waals surface area contributed by atoms with Crippen molar-refractivity contribution in [2.75, 3.05) is 6.54 Å². The van der Waals surface area contributed by atoms with Gasteiger partial charge >= 0.3 is 0 Å². The van der Waals surface area contributed by atoms with Crippen LogP contribution in [-0.4, -0.2) is 18.5 Å². The van der Waals surface area contributed by atoms with E-state index in [9.17, 15) is 4.79 Å². The molecule has 2 fully saturated rings. The Morgan fingerprint density at radius 2 is 2.08 bits per heavy atom. The van der Waals surface area contributed by atoms with Crippen molar-refractivity contribution in [3.8, 4) is 0 Å². The SMILES string of the molecule is NC(=O)C1CC2(CCCC2)CN1. The Kier molecular flexibility index (Phi) is 1.83. The smallest absolute Gasteiger partial charge is 0.234 e. The van der Waals surface area contributed by atoms with Crippen LogP contribution in [-0.2, 0) is 4.79 Å². The van der Waals surface area contributed by atoms with E-state index in [4.69, 9.17) is 5.73 Å². The van der Waals surface area contributed by atoms with Crippen molar-refractivity contribution in [3.63, 3.8) is 0 Å². The average molecular weight is 168 g/mol. The van der Waals surface area contributed by atoms with Crippen LogP contribution in [0.5, 0.6) is 0 Å². The molecule has 1 saturated carbocycles. The maximum atomic E-state index is 10.9. The van der Waals surface area contributed by atoms with Crippen LogP contribution in [0.1, 0.15) is 32.1 Å². The number of rotatable bonds is 1. The molecule has 3 nitrogen and oxygen atoms in total. The van der Waals surface area contributed by atoms with Gasteiger partial charge in [0.05, 0.1) is 6.04 Å².